The number of aliphatic carboxylic acids is 1. The second-order valence-electron chi connectivity index (χ2n) is 9.10. The quantitative estimate of drug-likeness (QED) is 0.344. The maximum absolute atomic E-state index is 12.7. The van der Waals surface area contributed by atoms with Crippen molar-refractivity contribution in [2.24, 2.45) is 17.8 Å². The number of hydrogen-bond donors (Lipinski definition) is 1. The molecule has 1 aliphatic carbocycles. The van der Waals surface area contributed by atoms with E-state index in [0.29, 0.717) is 36.2 Å². The molecule has 4 nitrogen and oxygen atoms in total. The summed E-state index contributed by atoms with van der Waals surface area (Å²) >= 11 is 0. The molecule has 2 saturated heterocycles. The van der Waals surface area contributed by atoms with Crippen molar-refractivity contribution < 1.29 is 18.8 Å². The molecule has 2 heterocycles. The minimum atomic E-state index is -0.811. The predicted molar refractivity (Wildman–Crippen MR) is 118 cm³/mol. The molecular weight excluding hydrogens is 384 g/mol. The number of carboxylic acid groups (broad SMARTS) is 1. The minimum Gasteiger partial charge on any atom is -0.481 e. The maximum atomic E-state index is 12.7. The van der Waals surface area contributed by atoms with Crippen molar-refractivity contribution in [2.45, 2.75) is 89.3 Å². The highest BCUT2D eigenvalue weighted by atomic mass is 32.2. The van der Waals surface area contributed by atoms with Crippen LogP contribution in [0.25, 0.3) is 0 Å². The van der Waals surface area contributed by atoms with E-state index < -0.39 is 16.8 Å². The van der Waals surface area contributed by atoms with Gasteiger partial charge < -0.3 is 9.84 Å². The van der Waals surface area contributed by atoms with Gasteiger partial charge in [0, 0.05) is 34.6 Å². The summed E-state index contributed by atoms with van der Waals surface area (Å²) in [5.41, 5.74) is 0. The van der Waals surface area contributed by atoms with Crippen molar-refractivity contribution in [3.8, 4) is 0 Å². The van der Waals surface area contributed by atoms with Gasteiger partial charge in [-0.25, -0.2) is 0 Å². The molecule has 3 fully saturated rings. The Balaban J connectivity index is 1.38. The molecule has 1 saturated carbocycles. The van der Waals surface area contributed by atoms with E-state index in [1.807, 2.05) is 0 Å². The fraction of sp³-hybridized carbons (Fsp3) is 0.792. The average molecular weight is 423 g/mol. The smallest absolute Gasteiger partial charge is 0.303 e. The molecule has 2 bridgehead atoms. The SMILES string of the molecule is O=C(O)CCCC=CC[C@@H]1[C@H](CS(=O)CC=CCC2CCCCC2)[C@@H]2CC[C@H]1O2. The average Bonchev–Trinajstić information content (AvgIpc) is 3.31. The molecule has 0 aromatic rings. The topological polar surface area (TPSA) is 63.6 Å². The number of allylic oxidation sites excluding steroid dienone is 3. The van der Waals surface area contributed by atoms with Crippen LogP contribution in [0.15, 0.2) is 24.3 Å². The first-order chi connectivity index (χ1) is 14.1. The highest BCUT2D eigenvalue weighted by molar-refractivity contribution is 7.85. The van der Waals surface area contributed by atoms with Gasteiger partial charge in [-0.1, -0.05) is 56.4 Å². The monoisotopic (exact) mass is 422 g/mol. The van der Waals surface area contributed by atoms with Gasteiger partial charge in [-0.05, 0) is 50.4 Å². The van der Waals surface area contributed by atoms with Gasteiger partial charge in [0.15, 0.2) is 0 Å². The van der Waals surface area contributed by atoms with E-state index >= 15 is 0 Å². The Morgan fingerprint density at radius 3 is 2.41 bits per heavy atom. The summed E-state index contributed by atoms with van der Waals surface area (Å²) < 4.78 is 18.8. The van der Waals surface area contributed by atoms with Crippen LogP contribution in [0, 0.1) is 17.8 Å². The number of carbonyl (C=O) groups is 1. The summed E-state index contributed by atoms with van der Waals surface area (Å²) in [5, 5.41) is 8.70. The van der Waals surface area contributed by atoms with Crippen molar-refractivity contribution in [3.63, 3.8) is 0 Å². The Kier molecular flexibility index (Phi) is 9.44. The molecule has 164 valence electrons. The molecule has 29 heavy (non-hydrogen) atoms. The Morgan fingerprint density at radius 1 is 0.931 bits per heavy atom. The first kappa shape index (κ1) is 22.7. The highest BCUT2D eigenvalue weighted by Crippen LogP contribution is 2.45. The van der Waals surface area contributed by atoms with Crippen LogP contribution in [-0.4, -0.2) is 39.0 Å². The van der Waals surface area contributed by atoms with E-state index in [2.05, 4.69) is 24.3 Å². The Labute approximate surface area is 178 Å². The van der Waals surface area contributed by atoms with Crippen molar-refractivity contribution in [3.05, 3.63) is 24.3 Å². The van der Waals surface area contributed by atoms with Gasteiger partial charge in [0.1, 0.15) is 0 Å². The lowest BCUT2D eigenvalue weighted by molar-refractivity contribution is -0.137. The maximum Gasteiger partial charge on any atom is 0.303 e. The van der Waals surface area contributed by atoms with E-state index in [1.165, 1.54) is 32.1 Å². The Hall–Kier alpha value is -0.940. The summed E-state index contributed by atoms with van der Waals surface area (Å²) in [6.45, 7) is 0. The summed E-state index contributed by atoms with van der Waals surface area (Å²) in [6.07, 6.45) is 22.3. The van der Waals surface area contributed by atoms with Crippen molar-refractivity contribution >= 4 is 16.8 Å². The van der Waals surface area contributed by atoms with Gasteiger partial charge in [0.05, 0.1) is 12.2 Å². The van der Waals surface area contributed by atoms with E-state index in [0.717, 1.165) is 43.8 Å². The first-order valence-corrected chi connectivity index (χ1v) is 13.1. The van der Waals surface area contributed by atoms with Gasteiger partial charge >= 0.3 is 5.97 Å². The molecule has 5 atom stereocenters. The zero-order valence-electron chi connectivity index (χ0n) is 17.7. The molecular formula is C24H38O4S. The van der Waals surface area contributed by atoms with Crippen molar-refractivity contribution in [1.29, 1.82) is 0 Å². The number of hydrogen-bond acceptors (Lipinski definition) is 3. The van der Waals surface area contributed by atoms with Gasteiger partial charge in [-0.3, -0.25) is 9.00 Å². The molecule has 1 unspecified atom stereocenters. The number of rotatable bonds is 12. The lowest BCUT2D eigenvalue weighted by Crippen LogP contribution is -2.31. The van der Waals surface area contributed by atoms with Crippen LogP contribution in [0.3, 0.4) is 0 Å². The third kappa shape index (κ3) is 7.36. The fourth-order valence-electron chi connectivity index (χ4n) is 5.34. The van der Waals surface area contributed by atoms with Gasteiger partial charge in [0.2, 0.25) is 0 Å². The third-order valence-electron chi connectivity index (χ3n) is 6.95. The molecule has 1 N–H and O–H groups in total. The van der Waals surface area contributed by atoms with E-state index in [-0.39, 0.29) is 6.42 Å². The lowest BCUT2D eigenvalue weighted by Gasteiger charge is -2.26. The molecule has 0 amide bonds. The van der Waals surface area contributed by atoms with Crippen LogP contribution < -0.4 is 0 Å². The van der Waals surface area contributed by atoms with Gasteiger partial charge in [-0.2, -0.15) is 0 Å². The lowest BCUT2D eigenvalue weighted by atomic mass is 9.78. The van der Waals surface area contributed by atoms with Gasteiger partial charge in [0.25, 0.3) is 0 Å². The molecule has 0 aromatic carbocycles. The molecule has 3 aliphatic rings. The standard InChI is InChI=1S/C24H38O4S/c25-24(26)14-7-2-1-6-13-20-21(23-16-15-22(20)28-23)18-29(27)17-9-8-12-19-10-4-3-5-11-19/h1,6,8-9,19-23H,2-5,7,10-18H2,(H,25,26)/t20-,21+,22-,23+,29?/m1/s1. The fourth-order valence-corrected chi connectivity index (χ4v) is 6.72. The summed E-state index contributed by atoms with van der Waals surface area (Å²) in [4.78, 5) is 10.6. The predicted octanol–water partition coefficient (Wildman–Crippen LogP) is 5.26. The van der Waals surface area contributed by atoms with Crippen LogP contribution in [0.2, 0.25) is 0 Å². The van der Waals surface area contributed by atoms with Crippen molar-refractivity contribution in [1.82, 2.24) is 0 Å². The molecule has 0 radical (unpaired) electrons. The molecule has 2 aliphatic heterocycles. The van der Waals surface area contributed by atoms with Gasteiger partial charge in [-0.15, -0.1) is 0 Å². The zero-order chi connectivity index (χ0) is 20.5. The number of carboxylic acids is 1. The normalized spacial score (nSPS) is 31.2. The summed E-state index contributed by atoms with van der Waals surface area (Å²) in [6, 6.07) is 0. The molecule has 0 spiro atoms. The van der Waals surface area contributed by atoms with E-state index in [1.54, 1.807) is 0 Å². The second kappa shape index (κ2) is 12.0. The number of ether oxygens (including phenoxy) is 1. The molecule has 3 rings (SSSR count). The summed E-state index contributed by atoms with van der Waals surface area (Å²) in [7, 11) is -0.811. The third-order valence-corrected chi connectivity index (χ3v) is 8.27. The van der Waals surface area contributed by atoms with Crippen LogP contribution in [0.1, 0.15) is 77.0 Å². The second-order valence-corrected chi connectivity index (χ2v) is 10.6. The summed E-state index contributed by atoms with van der Waals surface area (Å²) in [5.74, 6) is 2.43. The Bertz CT molecular complexity index is 594. The van der Waals surface area contributed by atoms with Crippen LogP contribution in [0.5, 0.6) is 0 Å². The number of unbranched alkanes of at least 4 members (excludes halogenated alkanes) is 1. The zero-order valence-corrected chi connectivity index (χ0v) is 18.5. The Morgan fingerprint density at radius 2 is 1.66 bits per heavy atom. The van der Waals surface area contributed by atoms with Crippen LogP contribution in [0.4, 0.5) is 0 Å². The van der Waals surface area contributed by atoms with E-state index in [4.69, 9.17) is 9.84 Å². The van der Waals surface area contributed by atoms with Crippen LogP contribution >= 0.6 is 0 Å². The molecule has 0 aromatic heterocycles. The number of fused-ring (bicyclic) bond motifs is 2. The molecule has 5 heteroatoms. The first-order valence-electron chi connectivity index (χ1n) is 11.7. The van der Waals surface area contributed by atoms with E-state index in [9.17, 15) is 9.00 Å². The van der Waals surface area contributed by atoms with Crippen LogP contribution in [-0.2, 0) is 20.3 Å². The van der Waals surface area contributed by atoms with Crippen molar-refractivity contribution in [2.75, 3.05) is 11.5 Å². The minimum absolute atomic E-state index is 0.234. The largest absolute Gasteiger partial charge is 0.481 e. The highest BCUT2D eigenvalue weighted by Gasteiger charge is 2.48.